The van der Waals surface area contributed by atoms with E-state index in [0.717, 1.165) is 21.9 Å². The van der Waals surface area contributed by atoms with E-state index in [1.54, 1.807) is 11.8 Å². The fourth-order valence-electron chi connectivity index (χ4n) is 3.14. The number of nitrogens with two attached hydrogens (primary N) is 2. The van der Waals surface area contributed by atoms with E-state index in [1.165, 1.54) is 17.8 Å². The van der Waals surface area contributed by atoms with Crippen molar-refractivity contribution in [2.45, 2.75) is 16.1 Å². The number of carbonyl (C=O) groups is 1. The number of anilines is 3. The van der Waals surface area contributed by atoms with E-state index in [-0.39, 0.29) is 17.7 Å². The molecule has 0 unspecified atom stereocenters. The molecule has 4 rings (SSSR count). The lowest BCUT2D eigenvalue weighted by Crippen LogP contribution is -2.39. The fourth-order valence-corrected chi connectivity index (χ4v) is 5.04. The molecular weight excluding hydrogens is 390 g/mol. The number of thioether (sulfide) groups is 2. The van der Waals surface area contributed by atoms with Gasteiger partial charge in [0.05, 0.1) is 17.5 Å². The molecule has 0 saturated carbocycles. The summed E-state index contributed by atoms with van der Waals surface area (Å²) in [5.74, 6) is 1.59. The lowest BCUT2D eigenvalue weighted by atomic mass is 10.1. The molecule has 28 heavy (non-hydrogen) atoms. The van der Waals surface area contributed by atoms with Crippen molar-refractivity contribution in [3.63, 3.8) is 0 Å². The van der Waals surface area contributed by atoms with Crippen molar-refractivity contribution in [3.8, 4) is 0 Å². The van der Waals surface area contributed by atoms with Crippen LogP contribution in [0.2, 0.25) is 0 Å². The zero-order valence-electron chi connectivity index (χ0n) is 15.0. The van der Waals surface area contributed by atoms with Crippen LogP contribution < -0.4 is 16.4 Å². The van der Waals surface area contributed by atoms with Crippen molar-refractivity contribution in [1.82, 2.24) is 9.97 Å². The van der Waals surface area contributed by atoms with Crippen molar-refractivity contribution < 1.29 is 4.79 Å². The molecule has 0 fully saturated rings. The van der Waals surface area contributed by atoms with Gasteiger partial charge in [0, 0.05) is 16.7 Å². The van der Waals surface area contributed by atoms with Crippen molar-refractivity contribution in [2.24, 2.45) is 0 Å². The Labute approximate surface area is 171 Å². The van der Waals surface area contributed by atoms with Gasteiger partial charge in [0.25, 0.3) is 0 Å². The van der Waals surface area contributed by atoms with Gasteiger partial charge in [-0.3, -0.25) is 4.79 Å². The SMILES string of the molecule is Nc1cc(N)nc(SCC(=O)N2c3ccccc3SC[C@@H]2c2ccccc2)n1. The Balaban J connectivity index is 1.62. The van der Waals surface area contributed by atoms with Gasteiger partial charge in [-0.2, -0.15) is 0 Å². The van der Waals surface area contributed by atoms with Gasteiger partial charge in [-0.25, -0.2) is 9.97 Å². The quantitative estimate of drug-likeness (QED) is 0.502. The molecule has 0 aliphatic carbocycles. The molecule has 2 aromatic carbocycles. The predicted octanol–water partition coefficient (Wildman–Crippen LogP) is 3.61. The molecule has 3 aromatic rings. The molecule has 1 aromatic heterocycles. The van der Waals surface area contributed by atoms with Crippen LogP contribution in [0.25, 0.3) is 0 Å². The van der Waals surface area contributed by atoms with Crippen molar-refractivity contribution in [1.29, 1.82) is 0 Å². The highest BCUT2D eigenvalue weighted by atomic mass is 32.2. The average Bonchev–Trinajstić information content (AvgIpc) is 2.71. The highest BCUT2D eigenvalue weighted by molar-refractivity contribution is 8.00. The number of fused-ring (bicyclic) bond motifs is 1. The Morgan fingerprint density at radius 1 is 1.07 bits per heavy atom. The first-order valence-electron chi connectivity index (χ1n) is 8.73. The molecule has 142 valence electrons. The van der Waals surface area contributed by atoms with Crippen LogP contribution in [0.5, 0.6) is 0 Å². The molecule has 1 amide bonds. The summed E-state index contributed by atoms with van der Waals surface area (Å²) < 4.78 is 0. The maximum Gasteiger partial charge on any atom is 0.238 e. The van der Waals surface area contributed by atoms with Crippen LogP contribution in [0, 0.1) is 0 Å². The van der Waals surface area contributed by atoms with E-state index in [9.17, 15) is 4.79 Å². The summed E-state index contributed by atoms with van der Waals surface area (Å²) in [4.78, 5) is 24.6. The molecule has 0 bridgehead atoms. The molecule has 0 radical (unpaired) electrons. The normalized spacial score (nSPS) is 15.9. The molecular formula is C20H19N5OS2. The zero-order valence-corrected chi connectivity index (χ0v) is 16.6. The first-order valence-corrected chi connectivity index (χ1v) is 10.7. The third-order valence-corrected chi connectivity index (χ3v) is 6.33. The Bertz CT molecular complexity index is 979. The molecule has 0 spiro atoms. The van der Waals surface area contributed by atoms with E-state index in [1.807, 2.05) is 41.3 Å². The standard InChI is InChI=1S/C20H19N5OS2/c21-17-10-18(22)24-20(23-17)28-12-19(26)25-14-8-4-5-9-16(14)27-11-15(25)13-6-2-1-3-7-13/h1-10,15H,11-12H2,(H4,21,22,23,24)/t15-/m1/s1. The van der Waals surface area contributed by atoms with Gasteiger partial charge < -0.3 is 16.4 Å². The van der Waals surface area contributed by atoms with Crippen molar-refractivity contribution in [3.05, 3.63) is 66.2 Å². The molecule has 4 N–H and O–H groups in total. The number of carbonyl (C=O) groups excluding carboxylic acids is 1. The number of hydrogen-bond donors (Lipinski definition) is 2. The number of hydrogen-bond acceptors (Lipinski definition) is 7. The summed E-state index contributed by atoms with van der Waals surface area (Å²) >= 11 is 3.01. The molecule has 6 nitrogen and oxygen atoms in total. The number of amides is 1. The number of benzene rings is 2. The lowest BCUT2D eigenvalue weighted by Gasteiger charge is -2.37. The minimum atomic E-state index is -0.0268. The molecule has 0 saturated heterocycles. The molecule has 1 atom stereocenters. The summed E-state index contributed by atoms with van der Waals surface area (Å²) in [5.41, 5.74) is 13.5. The van der Waals surface area contributed by atoms with Crippen LogP contribution in [-0.4, -0.2) is 27.4 Å². The monoisotopic (exact) mass is 409 g/mol. The van der Waals surface area contributed by atoms with Crippen LogP contribution in [0.3, 0.4) is 0 Å². The zero-order chi connectivity index (χ0) is 19.5. The van der Waals surface area contributed by atoms with E-state index in [4.69, 9.17) is 11.5 Å². The topological polar surface area (TPSA) is 98.1 Å². The minimum absolute atomic E-state index is 0.00352. The van der Waals surface area contributed by atoms with E-state index >= 15 is 0 Å². The maximum absolute atomic E-state index is 13.3. The fraction of sp³-hybridized carbons (Fsp3) is 0.150. The van der Waals surface area contributed by atoms with Crippen LogP contribution in [0.1, 0.15) is 11.6 Å². The predicted molar refractivity (Wildman–Crippen MR) is 115 cm³/mol. The second kappa shape index (κ2) is 8.12. The van der Waals surface area contributed by atoms with Crippen LogP contribution in [0.15, 0.2) is 70.7 Å². The number of nitrogen functional groups attached to an aromatic ring is 2. The first-order chi connectivity index (χ1) is 13.6. The number of para-hydroxylation sites is 1. The Morgan fingerprint density at radius 3 is 2.50 bits per heavy atom. The minimum Gasteiger partial charge on any atom is -0.383 e. The number of rotatable bonds is 4. The smallest absolute Gasteiger partial charge is 0.238 e. The summed E-state index contributed by atoms with van der Waals surface area (Å²) in [6, 6.07) is 19.6. The van der Waals surface area contributed by atoms with Gasteiger partial charge in [0.1, 0.15) is 11.6 Å². The highest BCUT2D eigenvalue weighted by Gasteiger charge is 2.32. The summed E-state index contributed by atoms with van der Waals surface area (Å²) in [5, 5.41) is 0.404. The Hall–Kier alpha value is -2.71. The van der Waals surface area contributed by atoms with Crippen LogP contribution in [-0.2, 0) is 4.79 Å². The van der Waals surface area contributed by atoms with E-state index in [2.05, 4.69) is 28.2 Å². The van der Waals surface area contributed by atoms with Crippen molar-refractivity contribution >= 4 is 46.8 Å². The molecule has 8 heteroatoms. The lowest BCUT2D eigenvalue weighted by molar-refractivity contribution is -0.116. The molecule has 1 aliphatic rings. The van der Waals surface area contributed by atoms with Gasteiger partial charge in [-0.1, -0.05) is 54.2 Å². The first kappa shape index (κ1) is 18.6. The van der Waals surface area contributed by atoms with Gasteiger partial charge >= 0.3 is 0 Å². The third kappa shape index (κ3) is 3.93. The number of aromatic nitrogens is 2. The third-order valence-electron chi connectivity index (χ3n) is 4.36. The second-order valence-electron chi connectivity index (χ2n) is 6.26. The van der Waals surface area contributed by atoms with Gasteiger partial charge in [0.2, 0.25) is 5.91 Å². The van der Waals surface area contributed by atoms with Crippen LogP contribution >= 0.6 is 23.5 Å². The summed E-state index contributed by atoms with van der Waals surface area (Å²) in [6.45, 7) is 0. The Kier molecular flexibility index (Phi) is 5.40. The average molecular weight is 410 g/mol. The Morgan fingerprint density at radius 2 is 1.75 bits per heavy atom. The highest BCUT2D eigenvalue weighted by Crippen LogP contribution is 2.43. The van der Waals surface area contributed by atoms with Crippen molar-refractivity contribution in [2.75, 3.05) is 27.9 Å². The summed E-state index contributed by atoms with van der Waals surface area (Å²) in [6.07, 6.45) is 0. The number of nitrogens with zero attached hydrogens (tertiary/aromatic N) is 3. The van der Waals surface area contributed by atoms with E-state index in [0.29, 0.717) is 16.8 Å². The van der Waals surface area contributed by atoms with Gasteiger partial charge in [-0.05, 0) is 17.7 Å². The largest absolute Gasteiger partial charge is 0.383 e. The van der Waals surface area contributed by atoms with Gasteiger partial charge in [-0.15, -0.1) is 11.8 Å². The van der Waals surface area contributed by atoms with E-state index < -0.39 is 0 Å². The molecule has 2 heterocycles. The molecule has 1 aliphatic heterocycles. The summed E-state index contributed by atoms with van der Waals surface area (Å²) in [7, 11) is 0. The maximum atomic E-state index is 13.3. The second-order valence-corrected chi connectivity index (χ2v) is 8.26. The van der Waals surface area contributed by atoms with Gasteiger partial charge in [0.15, 0.2) is 5.16 Å². The van der Waals surface area contributed by atoms with Crippen LogP contribution in [0.4, 0.5) is 17.3 Å².